The molecule has 6 aromatic rings. The van der Waals surface area contributed by atoms with Gasteiger partial charge in [0, 0.05) is 17.8 Å². The topological polar surface area (TPSA) is 14.2 Å². The Kier molecular flexibility index (Phi) is 4.70. The summed E-state index contributed by atoms with van der Waals surface area (Å²) in [5.74, 6) is 0.883. The van der Waals surface area contributed by atoms with Crippen molar-refractivity contribution in [2.24, 2.45) is 0 Å². The highest BCUT2D eigenvalue weighted by molar-refractivity contribution is 6.08. The molecule has 2 heteroatoms. The predicted octanol–water partition coefficient (Wildman–Crippen LogP) is 8.25. The van der Waals surface area contributed by atoms with Gasteiger partial charge in [0.25, 0.3) is 0 Å². The molecule has 0 fully saturated rings. The standard InChI is InChI=1S/C31H23NO/c1-33-28-12-10-24-8-9-26-19-22(7-13-29(26)30(24)21-28)15-17-32-18-16-27-20-25(11-14-31(27)32)23-5-3-2-4-6-23/h2-21H,1H3/b17-15-. The van der Waals surface area contributed by atoms with Crippen LogP contribution < -0.4 is 4.74 Å². The molecule has 5 aromatic carbocycles. The second-order valence-electron chi connectivity index (χ2n) is 8.31. The lowest BCUT2D eigenvalue weighted by molar-refractivity contribution is 0.415. The van der Waals surface area contributed by atoms with Crippen molar-refractivity contribution in [3.05, 3.63) is 115 Å². The number of fused-ring (bicyclic) bond motifs is 4. The first kappa shape index (κ1) is 19.4. The van der Waals surface area contributed by atoms with Gasteiger partial charge in [-0.05, 0) is 80.7 Å². The van der Waals surface area contributed by atoms with Gasteiger partial charge in [0.05, 0.1) is 12.6 Å². The fourth-order valence-electron chi connectivity index (χ4n) is 4.56. The van der Waals surface area contributed by atoms with E-state index in [4.69, 9.17) is 4.74 Å². The van der Waals surface area contributed by atoms with E-state index in [0.29, 0.717) is 0 Å². The van der Waals surface area contributed by atoms with Crippen molar-refractivity contribution < 1.29 is 4.74 Å². The van der Waals surface area contributed by atoms with Crippen LogP contribution >= 0.6 is 0 Å². The van der Waals surface area contributed by atoms with Crippen LogP contribution in [0, 0.1) is 0 Å². The maximum absolute atomic E-state index is 5.43. The van der Waals surface area contributed by atoms with E-state index in [2.05, 4.69) is 120 Å². The molecule has 2 nitrogen and oxygen atoms in total. The van der Waals surface area contributed by atoms with Crippen LogP contribution in [0.4, 0.5) is 0 Å². The van der Waals surface area contributed by atoms with E-state index < -0.39 is 0 Å². The van der Waals surface area contributed by atoms with E-state index in [1.807, 2.05) is 6.07 Å². The number of methoxy groups -OCH3 is 1. The molecule has 0 saturated heterocycles. The highest BCUT2D eigenvalue weighted by Crippen LogP contribution is 2.30. The molecule has 0 bridgehead atoms. The number of ether oxygens (including phenoxy) is 1. The van der Waals surface area contributed by atoms with E-state index in [0.717, 1.165) is 5.75 Å². The molecule has 0 atom stereocenters. The van der Waals surface area contributed by atoms with Gasteiger partial charge in [-0.15, -0.1) is 0 Å². The average molecular weight is 426 g/mol. The van der Waals surface area contributed by atoms with Gasteiger partial charge in [-0.25, -0.2) is 0 Å². The first-order valence-electron chi connectivity index (χ1n) is 11.1. The lowest BCUT2D eigenvalue weighted by Gasteiger charge is -2.07. The number of hydrogen-bond donors (Lipinski definition) is 0. The van der Waals surface area contributed by atoms with Crippen molar-refractivity contribution in [1.29, 1.82) is 0 Å². The van der Waals surface area contributed by atoms with Crippen molar-refractivity contribution in [3.8, 4) is 16.9 Å². The second kappa shape index (κ2) is 7.99. The summed E-state index contributed by atoms with van der Waals surface area (Å²) < 4.78 is 7.61. The van der Waals surface area contributed by atoms with E-state index in [1.54, 1.807) is 7.11 Å². The molecular formula is C31H23NO. The summed E-state index contributed by atoms with van der Waals surface area (Å²) in [7, 11) is 1.71. The van der Waals surface area contributed by atoms with Gasteiger partial charge < -0.3 is 9.30 Å². The molecule has 0 spiro atoms. The fraction of sp³-hybridized carbons (Fsp3) is 0.0323. The normalized spacial score (nSPS) is 11.7. The Bertz CT molecular complexity index is 1640. The predicted molar refractivity (Wildman–Crippen MR) is 141 cm³/mol. The lowest BCUT2D eigenvalue weighted by Crippen LogP contribution is -1.85. The SMILES string of the molecule is COc1ccc2ccc3cc(/C=C\n4ccc5cc(-c6ccccc6)ccc54)ccc3c2c1. The summed E-state index contributed by atoms with van der Waals surface area (Å²) in [6.45, 7) is 0. The number of hydrogen-bond acceptors (Lipinski definition) is 1. The van der Waals surface area contributed by atoms with Crippen LogP contribution in [0.1, 0.15) is 5.56 Å². The van der Waals surface area contributed by atoms with Crippen LogP contribution in [0.15, 0.2) is 109 Å². The first-order valence-corrected chi connectivity index (χ1v) is 11.1. The monoisotopic (exact) mass is 425 g/mol. The third-order valence-corrected chi connectivity index (χ3v) is 6.32. The van der Waals surface area contributed by atoms with E-state index in [9.17, 15) is 0 Å². The molecule has 33 heavy (non-hydrogen) atoms. The summed E-state index contributed by atoms with van der Waals surface area (Å²) in [6, 6.07) is 36.6. The molecule has 1 heterocycles. The van der Waals surface area contributed by atoms with Crippen molar-refractivity contribution in [2.75, 3.05) is 7.11 Å². The molecular weight excluding hydrogens is 402 g/mol. The van der Waals surface area contributed by atoms with Crippen LogP contribution in [0.2, 0.25) is 0 Å². The zero-order valence-electron chi connectivity index (χ0n) is 18.4. The van der Waals surface area contributed by atoms with Crippen molar-refractivity contribution >= 4 is 44.7 Å². The summed E-state index contributed by atoms with van der Waals surface area (Å²) in [4.78, 5) is 0. The Hall–Kier alpha value is -4.30. The van der Waals surface area contributed by atoms with Gasteiger partial charge in [-0.3, -0.25) is 0 Å². The number of benzene rings is 5. The van der Waals surface area contributed by atoms with Gasteiger partial charge in [0.15, 0.2) is 0 Å². The average Bonchev–Trinajstić information content (AvgIpc) is 3.29. The quantitative estimate of drug-likeness (QED) is 0.259. The van der Waals surface area contributed by atoms with Gasteiger partial charge >= 0.3 is 0 Å². The molecule has 6 rings (SSSR count). The number of nitrogens with zero attached hydrogens (tertiary/aromatic N) is 1. The van der Waals surface area contributed by atoms with Crippen LogP contribution in [0.25, 0.3) is 55.9 Å². The van der Waals surface area contributed by atoms with Gasteiger partial charge in [0.1, 0.15) is 5.75 Å². The van der Waals surface area contributed by atoms with Gasteiger partial charge in [0.2, 0.25) is 0 Å². The van der Waals surface area contributed by atoms with Crippen molar-refractivity contribution in [2.45, 2.75) is 0 Å². The lowest BCUT2D eigenvalue weighted by atomic mass is 10.00. The molecule has 0 N–H and O–H groups in total. The Morgan fingerprint density at radius 1 is 0.636 bits per heavy atom. The minimum absolute atomic E-state index is 0.883. The maximum atomic E-state index is 5.43. The van der Waals surface area contributed by atoms with Gasteiger partial charge in [-0.1, -0.05) is 66.7 Å². The molecule has 0 unspecified atom stereocenters. The molecule has 1 aromatic heterocycles. The van der Waals surface area contributed by atoms with E-state index in [1.165, 1.54) is 49.1 Å². The largest absolute Gasteiger partial charge is 0.497 e. The highest BCUT2D eigenvalue weighted by Gasteiger charge is 2.04. The Balaban J connectivity index is 1.34. The summed E-state index contributed by atoms with van der Waals surface area (Å²) in [6.07, 6.45) is 6.42. The minimum atomic E-state index is 0.883. The summed E-state index contributed by atoms with van der Waals surface area (Å²) in [5, 5.41) is 6.14. The fourth-order valence-corrected chi connectivity index (χ4v) is 4.56. The first-order chi connectivity index (χ1) is 16.3. The van der Waals surface area contributed by atoms with E-state index in [-0.39, 0.29) is 0 Å². The minimum Gasteiger partial charge on any atom is -0.497 e. The number of rotatable bonds is 4. The van der Waals surface area contributed by atoms with Gasteiger partial charge in [-0.2, -0.15) is 0 Å². The molecule has 0 aliphatic rings. The van der Waals surface area contributed by atoms with Crippen LogP contribution in [0.3, 0.4) is 0 Å². The Morgan fingerprint density at radius 3 is 2.36 bits per heavy atom. The van der Waals surface area contributed by atoms with Crippen LogP contribution in [0.5, 0.6) is 5.75 Å². The Labute approximate surface area is 193 Å². The van der Waals surface area contributed by atoms with E-state index >= 15 is 0 Å². The molecule has 0 aliphatic carbocycles. The third kappa shape index (κ3) is 3.56. The molecule has 158 valence electrons. The molecule has 0 radical (unpaired) electrons. The maximum Gasteiger partial charge on any atom is 0.119 e. The smallest absolute Gasteiger partial charge is 0.119 e. The second-order valence-corrected chi connectivity index (χ2v) is 8.31. The van der Waals surface area contributed by atoms with Crippen LogP contribution in [-0.2, 0) is 0 Å². The van der Waals surface area contributed by atoms with Crippen molar-refractivity contribution in [1.82, 2.24) is 4.57 Å². The third-order valence-electron chi connectivity index (χ3n) is 6.32. The Morgan fingerprint density at radius 2 is 1.48 bits per heavy atom. The highest BCUT2D eigenvalue weighted by atomic mass is 16.5. The van der Waals surface area contributed by atoms with Crippen molar-refractivity contribution in [3.63, 3.8) is 0 Å². The summed E-state index contributed by atoms with van der Waals surface area (Å²) in [5.41, 5.74) is 4.85. The number of aromatic nitrogens is 1. The zero-order valence-corrected chi connectivity index (χ0v) is 18.4. The molecule has 0 aliphatic heterocycles. The zero-order chi connectivity index (χ0) is 22.2. The molecule has 0 amide bonds. The summed E-state index contributed by atoms with van der Waals surface area (Å²) >= 11 is 0. The van der Waals surface area contributed by atoms with Crippen LogP contribution in [-0.4, -0.2) is 11.7 Å². The molecule has 0 saturated carbocycles.